The second kappa shape index (κ2) is 2.84. The van der Waals surface area contributed by atoms with Crippen LogP contribution in [0.15, 0.2) is 24.5 Å². The highest BCUT2D eigenvalue weighted by atomic mass is 15.0. The number of aryl methyl sites for hydroxylation is 1. The maximum absolute atomic E-state index is 4.41. The van der Waals surface area contributed by atoms with Crippen LogP contribution in [0.2, 0.25) is 0 Å². The molecule has 0 saturated carbocycles. The molecule has 2 aromatic rings. The number of hydrogen-bond acceptors (Lipinski definition) is 1. The summed E-state index contributed by atoms with van der Waals surface area (Å²) in [4.78, 5) is 4.41. The first-order valence-electron chi connectivity index (χ1n) is 4.93. The fourth-order valence-electron chi connectivity index (χ4n) is 1.73. The van der Waals surface area contributed by atoms with Gasteiger partial charge in [0.2, 0.25) is 0 Å². The molecule has 0 spiro atoms. The molecule has 0 atom stereocenters. The summed E-state index contributed by atoms with van der Waals surface area (Å²) in [7, 11) is 0. The topological polar surface area (TPSA) is 17.3 Å². The van der Waals surface area contributed by atoms with Gasteiger partial charge in [0.15, 0.2) is 0 Å². The molecule has 0 aliphatic carbocycles. The molecule has 2 nitrogen and oxygen atoms in total. The average molecular weight is 188 g/mol. The van der Waals surface area contributed by atoms with Crippen LogP contribution in [0.5, 0.6) is 0 Å². The first kappa shape index (κ1) is 9.25. The predicted octanol–water partition coefficient (Wildman–Crippen LogP) is 2.94. The van der Waals surface area contributed by atoms with Crippen molar-refractivity contribution >= 4 is 5.65 Å². The summed E-state index contributed by atoms with van der Waals surface area (Å²) < 4.78 is 2.14. The highest BCUT2D eigenvalue weighted by Crippen LogP contribution is 2.26. The zero-order valence-electron chi connectivity index (χ0n) is 9.20. The highest BCUT2D eigenvalue weighted by molar-refractivity contribution is 5.52. The normalized spacial score (nSPS) is 12.3. The van der Waals surface area contributed by atoms with Gasteiger partial charge in [0.1, 0.15) is 5.65 Å². The molecule has 0 aliphatic heterocycles. The van der Waals surface area contributed by atoms with Crippen LogP contribution in [0.3, 0.4) is 0 Å². The first-order chi connectivity index (χ1) is 6.50. The lowest BCUT2D eigenvalue weighted by molar-refractivity contribution is 0.591. The summed E-state index contributed by atoms with van der Waals surface area (Å²) >= 11 is 0. The molecule has 74 valence electrons. The van der Waals surface area contributed by atoms with Gasteiger partial charge in [-0.3, -0.25) is 0 Å². The molecule has 0 fully saturated rings. The summed E-state index contributed by atoms with van der Waals surface area (Å²) in [6, 6.07) is 4.33. The number of hydrogen-bond donors (Lipinski definition) is 0. The predicted molar refractivity (Wildman–Crippen MR) is 58.6 cm³/mol. The number of imidazole rings is 1. The Bertz CT molecular complexity index is 461. The fourth-order valence-corrected chi connectivity index (χ4v) is 1.73. The molecular formula is C12H16N2. The third-order valence-corrected chi connectivity index (χ3v) is 2.56. The molecule has 0 bridgehead atoms. The van der Waals surface area contributed by atoms with Gasteiger partial charge in [-0.05, 0) is 18.4 Å². The number of rotatable bonds is 0. The Morgan fingerprint density at radius 2 is 1.93 bits per heavy atom. The molecule has 0 saturated heterocycles. The van der Waals surface area contributed by atoms with E-state index in [1.807, 2.05) is 12.4 Å². The van der Waals surface area contributed by atoms with Crippen LogP contribution in [-0.2, 0) is 5.41 Å². The largest absolute Gasteiger partial charge is 0.304 e. The molecule has 0 amide bonds. The van der Waals surface area contributed by atoms with E-state index in [0.29, 0.717) is 0 Å². The fraction of sp³-hybridized carbons (Fsp3) is 0.417. The van der Waals surface area contributed by atoms with Crippen LogP contribution in [-0.4, -0.2) is 9.38 Å². The summed E-state index contributed by atoms with van der Waals surface area (Å²) in [5.74, 6) is 0. The molecule has 0 unspecified atom stereocenters. The van der Waals surface area contributed by atoms with Gasteiger partial charge < -0.3 is 4.40 Å². The lowest BCUT2D eigenvalue weighted by atomic mass is 9.87. The minimum absolute atomic E-state index is 0.153. The summed E-state index contributed by atoms with van der Waals surface area (Å²) in [6.07, 6.45) is 3.87. The van der Waals surface area contributed by atoms with Crippen LogP contribution in [0.4, 0.5) is 0 Å². The van der Waals surface area contributed by atoms with Crippen LogP contribution in [0.1, 0.15) is 32.0 Å². The number of pyridine rings is 1. The van der Waals surface area contributed by atoms with Crippen molar-refractivity contribution in [3.8, 4) is 0 Å². The van der Waals surface area contributed by atoms with Gasteiger partial charge >= 0.3 is 0 Å². The molecule has 0 N–H and O–H groups in total. The maximum atomic E-state index is 4.41. The van der Waals surface area contributed by atoms with E-state index in [1.165, 1.54) is 11.3 Å². The van der Waals surface area contributed by atoms with Crippen LogP contribution >= 0.6 is 0 Å². The Morgan fingerprint density at radius 3 is 2.57 bits per heavy atom. The smallest absolute Gasteiger partial charge is 0.140 e. The molecule has 0 aliphatic rings. The Kier molecular flexibility index (Phi) is 1.88. The van der Waals surface area contributed by atoms with E-state index in [1.54, 1.807) is 0 Å². The molecule has 2 aromatic heterocycles. The number of fused-ring (bicyclic) bond motifs is 1. The van der Waals surface area contributed by atoms with Crippen molar-refractivity contribution in [3.05, 3.63) is 35.8 Å². The zero-order valence-corrected chi connectivity index (χ0v) is 9.20. The molecule has 2 rings (SSSR count). The molecule has 2 heterocycles. The van der Waals surface area contributed by atoms with Gasteiger partial charge in [-0.2, -0.15) is 0 Å². The third kappa shape index (κ3) is 1.31. The Balaban J connectivity index is 2.80. The van der Waals surface area contributed by atoms with Crippen molar-refractivity contribution in [2.75, 3.05) is 0 Å². The van der Waals surface area contributed by atoms with Gasteiger partial charge in [0.05, 0.1) is 0 Å². The minimum atomic E-state index is 0.153. The third-order valence-electron chi connectivity index (χ3n) is 2.56. The van der Waals surface area contributed by atoms with Crippen molar-refractivity contribution in [1.29, 1.82) is 0 Å². The minimum Gasteiger partial charge on any atom is -0.304 e. The molecule has 0 aromatic carbocycles. The van der Waals surface area contributed by atoms with Gasteiger partial charge in [-0.15, -0.1) is 0 Å². The highest BCUT2D eigenvalue weighted by Gasteiger charge is 2.18. The number of aromatic nitrogens is 2. The second-order valence-electron chi connectivity index (χ2n) is 4.76. The van der Waals surface area contributed by atoms with Gasteiger partial charge in [0, 0.05) is 23.7 Å². The van der Waals surface area contributed by atoms with E-state index in [4.69, 9.17) is 0 Å². The molecule has 14 heavy (non-hydrogen) atoms. The monoisotopic (exact) mass is 188 g/mol. The van der Waals surface area contributed by atoms with E-state index in [-0.39, 0.29) is 5.41 Å². The average Bonchev–Trinajstić information content (AvgIpc) is 2.50. The first-order valence-corrected chi connectivity index (χ1v) is 4.93. The van der Waals surface area contributed by atoms with E-state index in [9.17, 15) is 0 Å². The van der Waals surface area contributed by atoms with E-state index in [2.05, 4.69) is 49.2 Å². The van der Waals surface area contributed by atoms with Crippen LogP contribution in [0, 0.1) is 6.92 Å². The summed E-state index contributed by atoms with van der Waals surface area (Å²) in [5, 5.41) is 0. The van der Waals surface area contributed by atoms with Crippen molar-refractivity contribution in [1.82, 2.24) is 9.38 Å². The summed E-state index contributed by atoms with van der Waals surface area (Å²) in [5.41, 5.74) is 3.76. The van der Waals surface area contributed by atoms with Crippen LogP contribution in [0.25, 0.3) is 5.65 Å². The van der Waals surface area contributed by atoms with Crippen LogP contribution < -0.4 is 0 Å². The van der Waals surface area contributed by atoms with Crippen molar-refractivity contribution in [2.24, 2.45) is 0 Å². The lowest BCUT2D eigenvalue weighted by Gasteiger charge is -2.20. The molecular weight excluding hydrogens is 172 g/mol. The number of nitrogens with zero attached hydrogens (tertiary/aromatic N) is 2. The zero-order chi connectivity index (χ0) is 10.3. The summed E-state index contributed by atoms with van der Waals surface area (Å²) in [6.45, 7) is 8.74. The SMILES string of the molecule is Cc1ccc(C(C)(C)C)c2nccn12. The van der Waals surface area contributed by atoms with E-state index < -0.39 is 0 Å². The standard InChI is InChI=1S/C12H16N2/c1-9-5-6-10(12(2,3)4)11-13-7-8-14(9)11/h5-8H,1-4H3. The van der Waals surface area contributed by atoms with Gasteiger partial charge in [-0.25, -0.2) is 4.98 Å². The van der Waals surface area contributed by atoms with Crippen molar-refractivity contribution in [2.45, 2.75) is 33.1 Å². The lowest BCUT2D eigenvalue weighted by Crippen LogP contribution is -2.13. The maximum Gasteiger partial charge on any atom is 0.140 e. The Labute approximate surface area is 84.6 Å². The molecule has 2 heteroatoms. The Hall–Kier alpha value is -1.31. The Morgan fingerprint density at radius 1 is 1.21 bits per heavy atom. The van der Waals surface area contributed by atoms with Gasteiger partial charge in [-0.1, -0.05) is 26.8 Å². The van der Waals surface area contributed by atoms with Crippen molar-refractivity contribution < 1.29 is 0 Å². The van der Waals surface area contributed by atoms with Gasteiger partial charge in [0.25, 0.3) is 0 Å². The van der Waals surface area contributed by atoms with E-state index in [0.717, 1.165) is 5.65 Å². The second-order valence-corrected chi connectivity index (χ2v) is 4.76. The quantitative estimate of drug-likeness (QED) is 0.621. The van der Waals surface area contributed by atoms with Crippen molar-refractivity contribution in [3.63, 3.8) is 0 Å². The van der Waals surface area contributed by atoms with E-state index >= 15 is 0 Å². The molecule has 0 radical (unpaired) electrons.